The van der Waals surface area contributed by atoms with Gasteiger partial charge in [-0.25, -0.2) is 4.98 Å². The number of rotatable bonds is 0. The van der Waals surface area contributed by atoms with Crippen LogP contribution in [0.1, 0.15) is 11.1 Å². The van der Waals surface area contributed by atoms with Crippen LogP contribution in [0.25, 0.3) is 11.0 Å². The van der Waals surface area contributed by atoms with Gasteiger partial charge < -0.3 is 9.67 Å². The Hall–Kier alpha value is -1.51. The van der Waals surface area contributed by atoms with Gasteiger partial charge in [0.05, 0.1) is 11.0 Å². The van der Waals surface area contributed by atoms with E-state index < -0.39 is 0 Å². The van der Waals surface area contributed by atoms with Crippen LogP contribution in [0.4, 0.5) is 0 Å². The molecule has 0 bridgehead atoms. The summed E-state index contributed by atoms with van der Waals surface area (Å²) in [5.41, 5.74) is 3.56. The van der Waals surface area contributed by atoms with Gasteiger partial charge in [0, 0.05) is 12.6 Å². The minimum absolute atomic E-state index is 0.351. The molecule has 0 fully saturated rings. The van der Waals surface area contributed by atoms with Crippen molar-refractivity contribution in [2.75, 3.05) is 0 Å². The molecule has 0 atom stereocenters. The van der Waals surface area contributed by atoms with E-state index in [2.05, 4.69) is 11.3 Å². The van der Waals surface area contributed by atoms with E-state index in [1.54, 1.807) is 4.57 Å². The summed E-state index contributed by atoms with van der Waals surface area (Å²) in [5, 5.41) is 9.69. The van der Waals surface area contributed by atoms with Crippen molar-refractivity contribution in [1.29, 1.82) is 0 Å². The molecule has 1 aromatic carbocycles. The monoisotopic (exact) mass is 175 g/mol. The first-order chi connectivity index (χ1) is 6.11. The van der Waals surface area contributed by atoms with Crippen LogP contribution in [0, 0.1) is 20.2 Å². The van der Waals surface area contributed by atoms with Crippen molar-refractivity contribution in [1.82, 2.24) is 9.55 Å². The molecule has 1 radical (unpaired) electrons. The van der Waals surface area contributed by atoms with Gasteiger partial charge in [-0.3, -0.25) is 0 Å². The number of imidazole rings is 1. The highest BCUT2D eigenvalue weighted by atomic mass is 16.3. The molecular formula is C10H11N2O. The maximum atomic E-state index is 9.69. The SMILES string of the molecule is Cc1cc2n[c]n(C)c2c(C)c1O. The van der Waals surface area contributed by atoms with Gasteiger partial charge in [0.1, 0.15) is 5.75 Å². The van der Waals surface area contributed by atoms with Crippen molar-refractivity contribution >= 4 is 11.0 Å². The number of aromatic hydroxyl groups is 1. The zero-order valence-corrected chi connectivity index (χ0v) is 7.92. The van der Waals surface area contributed by atoms with E-state index in [1.165, 1.54) is 0 Å². The van der Waals surface area contributed by atoms with E-state index in [1.807, 2.05) is 27.0 Å². The van der Waals surface area contributed by atoms with Crippen molar-refractivity contribution in [2.24, 2.45) is 7.05 Å². The molecule has 0 aliphatic heterocycles. The summed E-state index contributed by atoms with van der Waals surface area (Å²) in [7, 11) is 1.87. The maximum Gasteiger partial charge on any atom is 0.177 e. The molecular weight excluding hydrogens is 164 g/mol. The number of nitrogens with zero attached hydrogens (tertiary/aromatic N) is 2. The topological polar surface area (TPSA) is 38.0 Å². The number of phenols is 1. The molecule has 1 heterocycles. The number of hydrogen-bond donors (Lipinski definition) is 1. The van der Waals surface area contributed by atoms with E-state index in [-0.39, 0.29) is 0 Å². The Bertz CT molecular complexity index is 471. The fourth-order valence-corrected chi connectivity index (χ4v) is 1.63. The van der Waals surface area contributed by atoms with Crippen LogP contribution in [0.15, 0.2) is 6.07 Å². The van der Waals surface area contributed by atoms with Crippen LogP contribution in [-0.2, 0) is 7.05 Å². The molecule has 1 aromatic heterocycles. The van der Waals surface area contributed by atoms with Gasteiger partial charge in [-0.1, -0.05) is 0 Å². The highest BCUT2D eigenvalue weighted by Gasteiger charge is 2.09. The van der Waals surface area contributed by atoms with Gasteiger partial charge in [-0.2, -0.15) is 0 Å². The summed E-state index contributed by atoms with van der Waals surface area (Å²) in [6.45, 7) is 3.76. The van der Waals surface area contributed by atoms with Crippen molar-refractivity contribution in [2.45, 2.75) is 13.8 Å². The molecule has 67 valence electrons. The predicted molar refractivity (Wildman–Crippen MR) is 50.7 cm³/mol. The fraction of sp³-hybridized carbons (Fsp3) is 0.300. The zero-order chi connectivity index (χ0) is 9.59. The van der Waals surface area contributed by atoms with Crippen LogP contribution in [0.2, 0.25) is 0 Å². The zero-order valence-electron chi connectivity index (χ0n) is 7.92. The Labute approximate surface area is 76.6 Å². The number of aryl methyl sites for hydroxylation is 3. The highest BCUT2D eigenvalue weighted by Crippen LogP contribution is 2.28. The van der Waals surface area contributed by atoms with Crippen LogP contribution in [-0.4, -0.2) is 14.7 Å². The average molecular weight is 175 g/mol. The third-order valence-electron chi connectivity index (χ3n) is 2.34. The molecule has 0 aliphatic rings. The number of phenolic OH excluding ortho intramolecular Hbond substituents is 1. The van der Waals surface area contributed by atoms with Gasteiger partial charge >= 0.3 is 0 Å². The van der Waals surface area contributed by atoms with E-state index in [4.69, 9.17) is 0 Å². The molecule has 0 spiro atoms. The molecule has 3 heteroatoms. The second-order valence-corrected chi connectivity index (χ2v) is 3.31. The first-order valence-corrected chi connectivity index (χ1v) is 4.14. The first-order valence-electron chi connectivity index (χ1n) is 4.14. The summed E-state index contributed by atoms with van der Waals surface area (Å²) < 4.78 is 1.80. The molecule has 0 aliphatic carbocycles. The summed E-state index contributed by atoms with van der Waals surface area (Å²) in [4.78, 5) is 4.11. The van der Waals surface area contributed by atoms with E-state index in [9.17, 15) is 5.11 Å². The van der Waals surface area contributed by atoms with Crippen molar-refractivity contribution in [3.8, 4) is 5.75 Å². The Morgan fingerprint density at radius 3 is 2.85 bits per heavy atom. The average Bonchev–Trinajstić information content (AvgIpc) is 2.43. The highest BCUT2D eigenvalue weighted by molar-refractivity contribution is 5.82. The lowest BCUT2D eigenvalue weighted by Crippen LogP contribution is -1.89. The molecule has 0 unspecified atom stereocenters. The molecule has 0 saturated heterocycles. The standard InChI is InChI=1S/C10H11N2O/c1-6-4-8-9(7(2)10(6)13)12(3)5-11-8/h4,13H,1-3H3. The van der Waals surface area contributed by atoms with Gasteiger partial charge in [0.15, 0.2) is 6.33 Å². The van der Waals surface area contributed by atoms with Crippen LogP contribution < -0.4 is 0 Å². The Kier molecular flexibility index (Phi) is 1.55. The first kappa shape index (κ1) is 8.10. The van der Waals surface area contributed by atoms with Gasteiger partial charge in [0.2, 0.25) is 0 Å². The summed E-state index contributed by atoms with van der Waals surface area (Å²) in [5.74, 6) is 0.351. The van der Waals surface area contributed by atoms with Crippen molar-refractivity contribution in [3.63, 3.8) is 0 Å². The van der Waals surface area contributed by atoms with E-state index in [0.29, 0.717) is 5.75 Å². The molecule has 0 amide bonds. The fourth-order valence-electron chi connectivity index (χ4n) is 1.63. The number of aromatic nitrogens is 2. The second kappa shape index (κ2) is 2.49. The smallest absolute Gasteiger partial charge is 0.177 e. The minimum Gasteiger partial charge on any atom is -0.507 e. The summed E-state index contributed by atoms with van der Waals surface area (Å²) in [6, 6.07) is 1.87. The molecule has 2 aromatic rings. The minimum atomic E-state index is 0.351. The number of benzene rings is 1. The second-order valence-electron chi connectivity index (χ2n) is 3.31. The summed E-state index contributed by atoms with van der Waals surface area (Å²) in [6.07, 6.45) is 2.83. The third-order valence-corrected chi connectivity index (χ3v) is 2.34. The molecule has 1 N–H and O–H groups in total. The molecule has 2 rings (SSSR count). The third kappa shape index (κ3) is 1.00. The normalized spacial score (nSPS) is 11.0. The Morgan fingerprint density at radius 1 is 1.46 bits per heavy atom. The molecule has 13 heavy (non-hydrogen) atoms. The van der Waals surface area contributed by atoms with E-state index in [0.717, 1.165) is 22.2 Å². The summed E-state index contributed by atoms with van der Waals surface area (Å²) >= 11 is 0. The van der Waals surface area contributed by atoms with Crippen LogP contribution >= 0.6 is 0 Å². The lowest BCUT2D eigenvalue weighted by Gasteiger charge is -2.05. The quantitative estimate of drug-likeness (QED) is 0.661. The predicted octanol–water partition coefficient (Wildman–Crippen LogP) is 1.70. The van der Waals surface area contributed by atoms with E-state index >= 15 is 0 Å². The number of fused-ring (bicyclic) bond motifs is 1. The maximum absolute atomic E-state index is 9.69. The van der Waals surface area contributed by atoms with Gasteiger partial charge in [0.25, 0.3) is 0 Å². The van der Waals surface area contributed by atoms with Crippen molar-refractivity contribution in [3.05, 3.63) is 23.5 Å². The number of hydrogen-bond acceptors (Lipinski definition) is 2. The Balaban J connectivity index is 2.97. The van der Waals surface area contributed by atoms with Crippen LogP contribution in [0.3, 0.4) is 0 Å². The van der Waals surface area contributed by atoms with Gasteiger partial charge in [-0.05, 0) is 25.5 Å². The van der Waals surface area contributed by atoms with Gasteiger partial charge in [-0.15, -0.1) is 0 Å². The molecule has 0 saturated carbocycles. The lowest BCUT2D eigenvalue weighted by molar-refractivity contribution is 0.467. The largest absolute Gasteiger partial charge is 0.507 e. The lowest BCUT2D eigenvalue weighted by atomic mass is 10.1. The molecule has 3 nitrogen and oxygen atoms in total. The Morgan fingerprint density at radius 2 is 2.15 bits per heavy atom. The van der Waals surface area contributed by atoms with Crippen LogP contribution in [0.5, 0.6) is 5.75 Å². The van der Waals surface area contributed by atoms with Crippen molar-refractivity contribution < 1.29 is 5.11 Å².